The van der Waals surface area contributed by atoms with Crippen molar-refractivity contribution in [3.05, 3.63) is 64.2 Å². The second-order valence-electron chi connectivity index (χ2n) is 6.28. The molecule has 0 aliphatic rings. The van der Waals surface area contributed by atoms with Crippen LogP contribution in [0.15, 0.2) is 36.9 Å². The lowest BCUT2D eigenvalue weighted by Crippen LogP contribution is -2.12. The number of carbonyl (C=O) groups excluding carboxylic acids is 1. The zero-order chi connectivity index (χ0) is 19.6. The molecule has 0 radical (unpaired) electrons. The van der Waals surface area contributed by atoms with Gasteiger partial charge >= 0.3 is 0 Å². The van der Waals surface area contributed by atoms with E-state index in [0.717, 1.165) is 0 Å². The molecule has 0 aliphatic carbocycles. The van der Waals surface area contributed by atoms with Crippen LogP contribution in [0.25, 0.3) is 0 Å². The van der Waals surface area contributed by atoms with Crippen molar-refractivity contribution in [3.63, 3.8) is 0 Å². The van der Waals surface area contributed by atoms with Gasteiger partial charge in [0.25, 0.3) is 5.69 Å². The standard InChI is InChI=1S/C17H19N7O3/c1-11(2)23-10-20-21-15(23)9-19-13-5-4-12(8-14(13)24(26)27)16(25)17-18-6-7-22(17)3/h4-8,10-11,19H,9H2,1-3H3. The lowest BCUT2D eigenvalue weighted by molar-refractivity contribution is -0.384. The van der Waals surface area contributed by atoms with Gasteiger partial charge in [0.2, 0.25) is 5.78 Å². The van der Waals surface area contributed by atoms with Crippen LogP contribution >= 0.6 is 0 Å². The predicted octanol–water partition coefficient (Wildman–Crippen LogP) is 2.34. The first kappa shape index (κ1) is 18.2. The summed E-state index contributed by atoms with van der Waals surface area (Å²) in [5.74, 6) is 0.499. The number of benzene rings is 1. The van der Waals surface area contributed by atoms with Crippen LogP contribution in [-0.4, -0.2) is 35.0 Å². The van der Waals surface area contributed by atoms with Crippen molar-refractivity contribution in [3.8, 4) is 0 Å². The number of ketones is 1. The van der Waals surface area contributed by atoms with Crippen molar-refractivity contribution in [2.24, 2.45) is 7.05 Å². The second-order valence-corrected chi connectivity index (χ2v) is 6.28. The number of aryl methyl sites for hydroxylation is 1. The molecule has 0 saturated carbocycles. The van der Waals surface area contributed by atoms with E-state index in [2.05, 4.69) is 20.5 Å². The Morgan fingerprint density at radius 3 is 2.78 bits per heavy atom. The number of hydrogen-bond acceptors (Lipinski definition) is 7. The van der Waals surface area contributed by atoms with Crippen molar-refractivity contribution < 1.29 is 9.72 Å². The number of anilines is 1. The molecule has 27 heavy (non-hydrogen) atoms. The maximum atomic E-state index is 12.5. The third-order valence-electron chi connectivity index (χ3n) is 4.12. The molecule has 2 heterocycles. The number of nitrogens with zero attached hydrogens (tertiary/aromatic N) is 6. The SMILES string of the molecule is CC(C)n1cnnc1CNc1ccc(C(=O)c2nccn2C)cc1[N+](=O)[O-]. The summed E-state index contributed by atoms with van der Waals surface area (Å²) in [4.78, 5) is 27.5. The van der Waals surface area contributed by atoms with Gasteiger partial charge in [0, 0.05) is 37.1 Å². The number of carbonyl (C=O) groups is 1. The fourth-order valence-electron chi connectivity index (χ4n) is 2.69. The summed E-state index contributed by atoms with van der Waals surface area (Å²) in [5, 5.41) is 22.4. The lowest BCUT2D eigenvalue weighted by atomic mass is 10.1. The molecule has 0 unspecified atom stereocenters. The maximum absolute atomic E-state index is 12.5. The summed E-state index contributed by atoms with van der Waals surface area (Å²) in [6, 6.07) is 4.49. The van der Waals surface area contributed by atoms with E-state index in [1.54, 1.807) is 30.2 Å². The van der Waals surface area contributed by atoms with Crippen LogP contribution < -0.4 is 5.32 Å². The van der Waals surface area contributed by atoms with Crippen LogP contribution in [0.4, 0.5) is 11.4 Å². The lowest BCUT2D eigenvalue weighted by Gasteiger charge is -2.12. The monoisotopic (exact) mass is 369 g/mol. The topological polar surface area (TPSA) is 121 Å². The molecule has 1 aromatic carbocycles. The van der Waals surface area contributed by atoms with E-state index in [0.29, 0.717) is 11.5 Å². The van der Waals surface area contributed by atoms with Gasteiger partial charge in [-0.1, -0.05) is 0 Å². The molecule has 10 nitrogen and oxygen atoms in total. The van der Waals surface area contributed by atoms with Gasteiger partial charge in [-0.05, 0) is 26.0 Å². The summed E-state index contributed by atoms with van der Waals surface area (Å²) < 4.78 is 3.44. The van der Waals surface area contributed by atoms with Gasteiger partial charge in [0.05, 0.1) is 11.5 Å². The molecule has 2 aromatic heterocycles. The molecule has 0 bridgehead atoms. The van der Waals surface area contributed by atoms with Gasteiger partial charge in [-0.3, -0.25) is 14.9 Å². The van der Waals surface area contributed by atoms with Gasteiger partial charge in [0.1, 0.15) is 12.0 Å². The minimum absolute atomic E-state index is 0.171. The van der Waals surface area contributed by atoms with E-state index in [9.17, 15) is 14.9 Å². The zero-order valence-corrected chi connectivity index (χ0v) is 15.2. The Kier molecular flexibility index (Phi) is 4.97. The third kappa shape index (κ3) is 3.68. The fourth-order valence-corrected chi connectivity index (χ4v) is 2.69. The van der Waals surface area contributed by atoms with Crippen molar-refractivity contribution >= 4 is 17.2 Å². The van der Waals surface area contributed by atoms with E-state index in [1.807, 2.05) is 18.4 Å². The molecule has 0 aliphatic heterocycles. The van der Waals surface area contributed by atoms with Crippen molar-refractivity contribution in [2.75, 3.05) is 5.32 Å². The third-order valence-corrected chi connectivity index (χ3v) is 4.12. The Hall–Kier alpha value is -3.56. The summed E-state index contributed by atoms with van der Waals surface area (Å²) in [6.45, 7) is 4.26. The summed E-state index contributed by atoms with van der Waals surface area (Å²) in [5.41, 5.74) is 0.312. The number of imidazole rings is 1. The molecule has 0 fully saturated rings. The molecule has 0 atom stereocenters. The van der Waals surface area contributed by atoms with Crippen LogP contribution in [0.2, 0.25) is 0 Å². The predicted molar refractivity (Wildman–Crippen MR) is 97.5 cm³/mol. The van der Waals surface area contributed by atoms with E-state index < -0.39 is 4.92 Å². The molecule has 3 aromatic rings. The van der Waals surface area contributed by atoms with Gasteiger partial charge in [0.15, 0.2) is 11.6 Å². The summed E-state index contributed by atoms with van der Waals surface area (Å²) >= 11 is 0. The number of nitro groups is 1. The van der Waals surface area contributed by atoms with E-state index in [4.69, 9.17) is 0 Å². The minimum atomic E-state index is -0.523. The van der Waals surface area contributed by atoms with Crippen molar-refractivity contribution in [1.29, 1.82) is 0 Å². The smallest absolute Gasteiger partial charge is 0.293 e. The van der Waals surface area contributed by atoms with Gasteiger partial charge in [-0.15, -0.1) is 10.2 Å². The molecule has 10 heteroatoms. The van der Waals surface area contributed by atoms with E-state index in [-0.39, 0.29) is 35.4 Å². The highest BCUT2D eigenvalue weighted by Gasteiger charge is 2.21. The Morgan fingerprint density at radius 1 is 1.37 bits per heavy atom. The molecular formula is C17H19N7O3. The first-order valence-corrected chi connectivity index (χ1v) is 8.31. The Balaban J connectivity index is 1.86. The number of hydrogen-bond donors (Lipinski definition) is 1. The molecule has 0 amide bonds. The van der Waals surface area contributed by atoms with Gasteiger partial charge < -0.3 is 14.5 Å². The van der Waals surface area contributed by atoms with Crippen molar-refractivity contribution in [1.82, 2.24) is 24.3 Å². The highest BCUT2D eigenvalue weighted by atomic mass is 16.6. The normalized spacial score (nSPS) is 11.0. The van der Waals surface area contributed by atoms with E-state index in [1.165, 1.54) is 18.3 Å². The minimum Gasteiger partial charge on any atom is -0.372 e. The number of nitro benzene ring substituents is 1. The Labute approximate surface area is 155 Å². The number of aromatic nitrogens is 5. The maximum Gasteiger partial charge on any atom is 0.293 e. The first-order valence-electron chi connectivity index (χ1n) is 8.31. The second kappa shape index (κ2) is 7.36. The molecular weight excluding hydrogens is 350 g/mol. The van der Waals surface area contributed by atoms with E-state index >= 15 is 0 Å². The number of nitrogens with one attached hydrogen (secondary N) is 1. The van der Waals surface area contributed by atoms with Crippen LogP contribution in [-0.2, 0) is 13.6 Å². The fraction of sp³-hybridized carbons (Fsp3) is 0.294. The summed E-state index contributed by atoms with van der Waals surface area (Å²) in [6.07, 6.45) is 4.76. The van der Waals surface area contributed by atoms with Crippen LogP contribution in [0.3, 0.4) is 0 Å². The van der Waals surface area contributed by atoms with Crippen LogP contribution in [0, 0.1) is 10.1 Å². The Morgan fingerprint density at radius 2 is 2.15 bits per heavy atom. The quantitative estimate of drug-likeness (QED) is 0.385. The molecule has 0 saturated heterocycles. The first-order chi connectivity index (χ1) is 12.9. The van der Waals surface area contributed by atoms with Gasteiger partial charge in [-0.25, -0.2) is 4.98 Å². The Bertz CT molecular complexity index is 990. The number of rotatable bonds is 7. The molecule has 3 rings (SSSR count). The summed E-state index contributed by atoms with van der Waals surface area (Å²) in [7, 11) is 1.69. The average Bonchev–Trinajstić information content (AvgIpc) is 3.27. The van der Waals surface area contributed by atoms with Crippen LogP contribution in [0.1, 0.15) is 41.9 Å². The molecule has 0 spiro atoms. The van der Waals surface area contributed by atoms with Crippen LogP contribution in [0.5, 0.6) is 0 Å². The van der Waals surface area contributed by atoms with Crippen molar-refractivity contribution in [2.45, 2.75) is 26.4 Å². The van der Waals surface area contributed by atoms with Gasteiger partial charge in [-0.2, -0.15) is 0 Å². The largest absolute Gasteiger partial charge is 0.372 e. The zero-order valence-electron chi connectivity index (χ0n) is 15.2. The highest BCUT2D eigenvalue weighted by molar-refractivity contribution is 6.07. The molecule has 1 N–H and O–H groups in total. The molecule has 140 valence electrons. The average molecular weight is 369 g/mol. The highest BCUT2D eigenvalue weighted by Crippen LogP contribution is 2.27.